The van der Waals surface area contributed by atoms with E-state index in [1.54, 1.807) is 37.3 Å². The van der Waals surface area contributed by atoms with E-state index in [0.717, 1.165) is 15.7 Å². The summed E-state index contributed by atoms with van der Waals surface area (Å²) in [4.78, 5) is 17.4. The maximum atomic E-state index is 12.9. The highest BCUT2D eigenvalue weighted by atomic mass is 35.5. The normalized spacial score (nSPS) is 12.5. The fourth-order valence-corrected chi connectivity index (χ4v) is 4.38. The zero-order chi connectivity index (χ0) is 22.7. The van der Waals surface area contributed by atoms with Gasteiger partial charge in [0.15, 0.2) is 0 Å². The number of benzene rings is 2. The van der Waals surface area contributed by atoms with Gasteiger partial charge in [0.25, 0.3) is 5.91 Å². The fourth-order valence-electron chi connectivity index (χ4n) is 3.34. The van der Waals surface area contributed by atoms with Gasteiger partial charge in [-0.1, -0.05) is 29.3 Å². The van der Waals surface area contributed by atoms with Gasteiger partial charge < -0.3 is 9.67 Å². The number of thiol groups is 1. The number of aryl methyl sites for hydroxylation is 1. The fraction of sp³-hybridized carbons (Fsp3) is 0.333. The molecule has 3 rings (SSSR count). The van der Waals surface area contributed by atoms with Crippen LogP contribution in [0.5, 0.6) is 0 Å². The van der Waals surface area contributed by atoms with Crippen LogP contribution >= 0.6 is 23.2 Å². The summed E-state index contributed by atoms with van der Waals surface area (Å²) < 4.78 is 26.1. The summed E-state index contributed by atoms with van der Waals surface area (Å²) in [6.45, 7) is 3.90. The van der Waals surface area contributed by atoms with Gasteiger partial charge in [0.1, 0.15) is 5.82 Å². The minimum Gasteiger partial charge on any atom is -0.393 e. The van der Waals surface area contributed by atoms with Crippen molar-refractivity contribution in [2.45, 2.75) is 39.3 Å². The topological polar surface area (TPSA) is 92.5 Å². The number of fused-ring (bicyclic) bond motifs is 1. The minimum absolute atomic E-state index is 0.0130. The van der Waals surface area contributed by atoms with Gasteiger partial charge in [0.2, 0.25) is 10.9 Å². The Morgan fingerprint density at radius 1 is 1.23 bits per heavy atom. The SMILES string of the molecule is Cc1nc2ccc(C(=O)N(CCC[C@H](C)O)[SH](=O)=O)cc2n1Cc1ccc(Cl)cc1Cl. The molecule has 0 bridgehead atoms. The summed E-state index contributed by atoms with van der Waals surface area (Å²) >= 11 is 12.3. The lowest BCUT2D eigenvalue weighted by Gasteiger charge is -2.16. The number of carbonyl (C=O) groups is 1. The van der Waals surface area contributed by atoms with E-state index in [-0.39, 0.29) is 12.1 Å². The number of aliphatic hydroxyl groups is 1. The van der Waals surface area contributed by atoms with Crippen molar-refractivity contribution < 1.29 is 18.3 Å². The van der Waals surface area contributed by atoms with E-state index in [1.165, 1.54) is 0 Å². The van der Waals surface area contributed by atoms with Crippen molar-refractivity contribution in [1.29, 1.82) is 0 Å². The first-order valence-electron chi connectivity index (χ1n) is 9.72. The Kier molecular flexibility index (Phi) is 7.59. The Morgan fingerprint density at radius 2 is 1.97 bits per heavy atom. The van der Waals surface area contributed by atoms with Gasteiger partial charge in [-0.15, -0.1) is 0 Å². The number of rotatable bonds is 8. The standard InChI is InChI=1S/C21H23Cl2N3O4S/c1-13(27)4-3-9-26(31(29)30)21(28)15-6-8-19-20(10-15)25(14(2)24-19)12-16-5-7-17(22)11-18(16)23/h5-8,10-11,13,27,31H,3-4,9,12H2,1-2H3/t13-/m0/s1. The number of carbonyl (C=O) groups excluding carboxylic acids is 1. The number of aromatic nitrogens is 2. The predicted molar refractivity (Wildman–Crippen MR) is 122 cm³/mol. The molecule has 3 aromatic rings. The van der Waals surface area contributed by atoms with Gasteiger partial charge in [0.05, 0.1) is 23.7 Å². The number of aliphatic hydroxyl groups excluding tert-OH is 1. The van der Waals surface area contributed by atoms with Gasteiger partial charge in [-0.3, -0.25) is 4.79 Å². The summed E-state index contributed by atoms with van der Waals surface area (Å²) in [7, 11) is -3.10. The van der Waals surface area contributed by atoms with Crippen LogP contribution in [-0.2, 0) is 17.4 Å². The van der Waals surface area contributed by atoms with Crippen LogP contribution in [0.3, 0.4) is 0 Å². The first-order valence-corrected chi connectivity index (χ1v) is 11.6. The van der Waals surface area contributed by atoms with Crippen LogP contribution in [0.4, 0.5) is 0 Å². The lowest BCUT2D eigenvalue weighted by molar-refractivity contribution is 0.0857. The maximum Gasteiger partial charge on any atom is 0.267 e. The zero-order valence-electron chi connectivity index (χ0n) is 17.1. The van der Waals surface area contributed by atoms with Gasteiger partial charge in [0, 0.05) is 22.2 Å². The Balaban J connectivity index is 1.94. The molecule has 31 heavy (non-hydrogen) atoms. The second-order valence-electron chi connectivity index (χ2n) is 7.34. The molecule has 1 amide bonds. The van der Waals surface area contributed by atoms with E-state index in [4.69, 9.17) is 23.2 Å². The highest BCUT2D eigenvalue weighted by Crippen LogP contribution is 2.25. The van der Waals surface area contributed by atoms with Crippen LogP contribution in [0, 0.1) is 6.92 Å². The van der Waals surface area contributed by atoms with E-state index >= 15 is 0 Å². The van der Waals surface area contributed by atoms with Crippen molar-refractivity contribution in [1.82, 2.24) is 13.9 Å². The highest BCUT2D eigenvalue weighted by molar-refractivity contribution is 7.70. The van der Waals surface area contributed by atoms with Gasteiger partial charge in [-0.2, -0.15) is 0 Å². The molecule has 0 fully saturated rings. The lowest BCUT2D eigenvalue weighted by Crippen LogP contribution is -2.31. The van der Waals surface area contributed by atoms with Crippen LogP contribution in [0.25, 0.3) is 11.0 Å². The quantitative estimate of drug-likeness (QED) is 0.475. The van der Waals surface area contributed by atoms with Crippen molar-refractivity contribution in [3.05, 3.63) is 63.4 Å². The van der Waals surface area contributed by atoms with Crippen LogP contribution in [0.2, 0.25) is 10.0 Å². The monoisotopic (exact) mass is 483 g/mol. The molecule has 2 aromatic carbocycles. The molecule has 0 radical (unpaired) electrons. The Hall–Kier alpha value is -2.13. The molecule has 0 aliphatic rings. The third kappa shape index (κ3) is 5.57. The summed E-state index contributed by atoms with van der Waals surface area (Å²) in [6, 6.07) is 10.2. The van der Waals surface area contributed by atoms with Crippen LogP contribution in [0.15, 0.2) is 36.4 Å². The van der Waals surface area contributed by atoms with E-state index in [9.17, 15) is 18.3 Å². The summed E-state index contributed by atoms with van der Waals surface area (Å²) in [5, 5.41) is 10.4. The highest BCUT2D eigenvalue weighted by Gasteiger charge is 2.20. The minimum atomic E-state index is -3.10. The number of hydrogen-bond acceptors (Lipinski definition) is 5. The first kappa shape index (κ1) is 23.5. The van der Waals surface area contributed by atoms with Crippen molar-refractivity contribution >= 4 is 51.0 Å². The third-order valence-corrected chi connectivity index (χ3v) is 6.32. The number of imidazole rings is 1. The molecule has 166 valence electrons. The summed E-state index contributed by atoms with van der Waals surface area (Å²) in [5.41, 5.74) is 2.46. The van der Waals surface area contributed by atoms with Crippen LogP contribution in [-0.4, -0.2) is 45.9 Å². The third-order valence-electron chi connectivity index (χ3n) is 4.95. The Bertz CT molecular complexity index is 1180. The molecule has 1 heterocycles. The molecule has 10 heteroatoms. The number of hydrogen-bond donors (Lipinski definition) is 2. The van der Waals surface area contributed by atoms with E-state index in [1.807, 2.05) is 17.6 Å². The molecule has 0 saturated carbocycles. The van der Waals surface area contributed by atoms with Crippen molar-refractivity contribution in [2.24, 2.45) is 0 Å². The summed E-state index contributed by atoms with van der Waals surface area (Å²) in [5.74, 6) is 0.118. The van der Waals surface area contributed by atoms with E-state index in [0.29, 0.717) is 40.5 Å². The van der Waals surface area contributed by atoms with Crippen LogP contribution in [0.1, 0.15) is 41.5 Å². The van der Waals surface area contributed by atoms with Crippen molar-refractivity contribution in [3.63, 3.8) is 0 Å². The zero-order valence-corrected chi connectivity index (χ0v) is 19.5. The smallest absolute Gasteiger partial charge is 0.267 e. The van der Waals surface area contributed by atoms with Gasteiger partial charge in [-0.25, -0.2) is 17.7 Å². The molecular formula is C21H23Cl2N3O4S. The van der Waals surface area contributed by atoms with Crippen molar-refractivity contribution in [2.75, 3.05) is 6.54 Å². The predicted octanol–water partition coefficient (Wildman–Crippen LogP) is 3.83. The molecule has 0 unspecified atom stereocenters. The average molecular weight is 484 g/mol. The Morgan fingerprint density at radius 3 is 2.61 bits per heavy atom. The summed E-state index contributed by atoms with van der Waals surface area (Å²) in [6.07, 6.45) is 0.218. The van der Waals surface area contributed by atoms with E-state index in [2.05, 4.69) is 4.98 Å². The number of halogens is 2. The molecule has 0 spiro atoms. The molecular weight excluding hydrogens is 461 g/mol. The first-order chi connectivity index (χ1) is 14.7. The largest absolute Gasteiger partial charge is 0.393 e. The molecule has 1 atom stereocenters. The molecule has 0 aliphatic heterocycles. The Labute approximate surface area is 192 Å². The maximum absolute atomic E-state index is 12.9. The molecule has 1 aromatic heterocycles. The van der Waals surface area contributed by atoms with E-state index < -0.39 is 22.9 Å². The number of nitrogens with zero attached hydrogens (tertiary/aromatic N) is 3. The second-order valence-corrected chi connectivity index (χ2v) is 9.14. The average Bonchev–Trinajstić information content (AvgIpc) is 3.00. The number of amides is 1. The van der Waals surface area contributed by atoms with Gasteiger partial charge in [-0.05, 0) is 62.6 Å². The molecule has 7 nitrogen and oxygen atoms in total. The van der Waals surface area contributed by atoms with Gasteiger partial charge >= 0.3 is 0 Å². The van der Waals surface area contributed by atoms with Crippen LogP contribution < -0.4 is 0 Å². The lowest BCUT2D eigenvalue weighted by atomic mass is 10.1. The second kappa shape index (κ2) is 9.99. The van der Waals surface area contributed by atoms with Crippen molar-refractivity contribution in [3.8, 4) is 0 Å². The molecule has 0 aliphatic carbocycles. The molecule has 1 N–H and O–H groups in total. The molecule has 0 saturated heterocycles.